The van der Waals surface area contributed by atoms with E-state index in [1.165, 1.54) is 93.9 Å². The van der Waals surface area contributed by atoms with E-state index in [1.54, 1.807) is 0 Å². The van der Waals surface area contributed by atoms with Gasteiger partial charge in [0.1, 0.15) is 0 Å². The van der Waals surface area contributed by atoms with Gasteiger partial charge in [0, 0.05) is 39.2 Å². The molecular weight excluding hydrogens is 689 g/mol. The minimum Gasteiger partial charge on any atom is -0.310 e. The maximum atomic E-state index is 2.50. The topological polar surface area (TPSA) is 6.48 Å². The fourth-order valence-corrected chi connectivity index (χ4v) is 9.97. The first-order chi connectivity index (χ1) is 27.7. The molecule has 0 amide bonds. The number of hydrogen-bond donors (Lipinski definition) is 0. The van der Waals surface area contributed by atoms with Gasteiger partial charge < -0.3 is 9.80 Å². The van der Waals surface area contributed by atoms with Crippen molar-refractivity contribution >= 4 is 66.4 Å². The molecule has 276 valence electrons. The molecule has 0 aromatic heterocycles. The van der Waals surface area contributed by atoms with Gasteiger partial charge in [-0.1, -0.05) is 117 Å². The summed E-state index contributed by atoms with van der Waals surface area (Å²) in [6.45, 7) is 13.7. The van der Waals surface area contributed by atoms with E-state index in [2.05, 4.69) is 221 Å². The maximum Gasteiger partial charge on any atom is 0.0546 e. The van der Waals surface area contributed by atoms with Gasteiger partial charge in [-0.05, 0) is 166 Å². The molecule has 9 aromatic rings. The number of hydrogen-bond acceptors (Lipinski definition) is 2. The van der Waals surface area contributed by atoms with Crippen LogP contribution in [0, 0.1) is 27.7 Å². The third-order valence-electron chi connectivity index (χ3n) is 12.0. The van der Waals surface area contributed by atoms with Crippen LogP contribution in [0.15, 0.2) is 170 Å². The summed E-state index contributed by atoms with van der Waals surface area (Å²) >= 11 is 0. The minimum atomic E-state index is -0.267. The Hall–Kier alpha value is -6.64. The molecular formula is C55H46N2. The molecule has 57 heavy (non-hydrogen) atoms. The van der Waals surface area contributed by atoms with Gasteiger partial charge in [-0.2, -0.15) is 0 Å². The highest BCUT2D eigenvalue weighted by Crippen LogP contribution is 2.59. The SMILES string of the molecule is Cc1cc(C)cc(N(c2ccccc2)c2ccc3c4c(c5ccccc5c3c2)-c2cc(N(c3ccccc3)c3cc(C)cc(C)c3)c3ccccc3c2C4(C)C)c1. The second kappa shape index (κ2) is 13.2. The lowest BCUT2D eigenvalue weighted by Crippen LogP contribution is -2.17. The number of anilines is 6. The van der Waals surface area contributed by atoms with E-state index >= 15 is 0 Å². The average Bonchev–Trinajstić information content (AvgIpc) is 3.45. The van der Waals surface area contributed by atoms with Gasteiger partial charge in [0.15, 0.2) is 0 Å². The Labute approximate surface area is 336 Å². The van der Waals surface area contributed by atoms with Crippen molar-refractivity contribution in [2.24, 2.45) is 0 Å². The first-order valence-electron chi connectivity index (χ1n) is 20.1. The lowest BCUT2D eigenvalue weighted by atomic mass is 9.77. The Morgan fingerprint density at radius 3 is 1.40 bits per heavy atom. The lowest BCUT2D eigenvalue weighted by molar-refractivity contribution is 0.672. The quantitative estimate of drug-likeness (QED) is 0.157. The van der Waals surface area contributed by atoms with Crippen molar-refractivity contribution < 1.29 is 0 Å². The molecule has 0 fully saturated rings. The first kappa shape index (κ1) is 34.8. The van der Waals surface area contributed by atoms with Gasteiger partial charge in [-0.25, -0.2) is 0 Å². The zero-order chi connectivity index (χ0) is 39.0. The Kier molecular flexibility index (Phi) is 8.09. The monoisotopic (exact) mass is 734 g/mol. The van der Waals surface area contributed by atoms with Crippen molar-refractivity contribution in [2.75, 3.05) is 9.80 Å². The molecule has 0 atom stereocenters. The molecule has 1 aliphatic carbocycles. The predicted octanol–water partition coefficient (Wildman–Crippen LogP) is 15.6. The van der Waals surface area contributed by atoms with Crippen LogP contribution in [0.2, 0.25) is 0 Å². The molecule has 0 saturated carbocycles. The summed E-state index contributed by atoms with van der Waals surface area (Å²) in [5, 5.41) is 7.70. The van der Waals surface area contributed by atoms with Crippen molar-refractivity contribution in [3.05, 3.63) is 203 Å². The highest BCUT2D eigenvalue weighted by molar-refractivity contribution is 6.21. The lowest BCUT2D eigenvalue weighted by Gasteiger charge is -2.30. The van der Waals surface area contributed by atoms with Crippen molar-refractivity contribution in [3.8, 4) is 11.1 Å². The molecule has 2 nitrogen and oxygen atoms in total. The highest BCUT2D eigenvalue weighted by Gasteiger charge is 2.41. The summed E-state index contributed by atoms with van der Waals surface area (Å²) in [6.07, 6.45) is 0. The minimum absolute atomic E-state index is 0.267. The first-order valence-corrected chi connectivity index (χ1v) is 20.1. The Bertz CT molecular complexity index is 2990. The van der Waals surface area contributed by atoms with Crippen LogP contribution >= 0.6 is 0 Å². The molecule has 1 aliphatic rings. The summed E-state index contributed by atoms with van der Waals surface area (Å²) in [5.74, 6) is 0. The normalized spacial score (nSPS) is 12.9. The number of benzene rings is 9. The van der Waals surface area contributed by atoms with Gasteiger partial charge in [0.25, 0.3) is 0 Å². The second-order valence-corrected chi connectivity index (χ2v) is 16.5. The van der Waals surface area contributed by atoms with Crippen molar-refractivity contribution in [1.29, 1.82) is 0 Å². The van der Waals surface area contributed by atoms with Crippen LogP contribution in [-0.4, -0.2) is 0 Å². The fraction of sp³-hybridized carbons (Fsp3) is 0.127. The molecule has 2 heteroatoms. The van der Waals surface area contributed by atoms with Crippen molar-refractivity contribution in [2.45, 2.75) is 47.0 Å². The summed E-state index contributed by atoms with van der Waals surface area (Å²) in [5.41, 5.74) is 17.2. The molecule has 0 radical (unpaired) electrons. The number of para-hydroxylation sites is 2. The van der Waals surface area contributed by atoms with Crippen LogP contribution in [0.5, 0.6) is 0 Å². The largest absolute Gasteiger partial charge is 0.310 e. The number of fused-ring (bicyclic) bond motifs is 10. The van der Waals surface area contributed by atoms with Gasteiger partial charge in [0.2, 0.25) is 0 Å². The smallest absolute Gasteiger partial charge is 0.0546 e. The van der Waals surface area contributed by atoms with E-state index < -0.39 is 0 Å². The third-order valence-corrected chi connectivity index (χ3v) is 12.0. The van der Waals surface area contributed by atoms with Crippen LogP contribution in [0.1, 0.15) is 47.2 Å². The number of aryl methyl sites for hydroxylation is 4. The van der Waals surface area contributed by atoms with E-state index in [-0.39, 0.29) is 5.41 Å². The van der Waals surface area contributed by atoms with E-state index in [4.69, 9.17) is 0 Å². The molecule has 0 bridgehead atoms. The summed E-state index contributed by atoms with van der Waals surface area (Å²) in [4.78, 5) is 4.88. The Morgan fingerprint density at radius 2 is 0.807 bits per heavy atom. The van der Waals surface area contributed by atoms with E-state index in [1.807, 2.05) is 0 Å². The summed E-state index contributed by atoms with van der Waals surface area (Å²) in [6, 6.07) is 63.2. The number of nitrogens with zero attached hydrogens (tertiary/aromatic N) is 2. The molecule has 0 spiro atoms. The van der Waals surface area contributed by atoms with Crippen LogP contribution in [0.4, 0.5) is 34.1 Å². The van der Waals surface area contributed by atoms with Crippen LogP contribution in [-0.2, 0) is 5.41 Å². The third kappa shape index (κ3) is 5.62. The molecule has 0 saturated heterocycles. The van der Waals surface area contributed by atoms with Crippen molar-refractivity contribution in [3.63, 3.8) is 0 Å². The fourth-order valence-electron chi connectivity index (χ4n) is 9.97. The van der Waals surface area contributed by atoms with Gasteiger partial charge >= 0.3 is 0 Å². The summed E-state index contributed by atoms with van der Waals surface area (Å²) < 4.78 is 0. The van der Waals surface area contributed by atoms with Crippen LogP contribution in [0.25, 0.3) is 43.4 Å². The van der Waals surface area contributed by atoms with Gasteiger partial charge in [-0.3, -0.25) is 0 Å². The highest BCUT2D eigenvalue weighted by atomic mass is 15.1. The average molecular weight is 735 g/mol. The molecule has 10 rings (SSSR count). The van der Waals surface area contributed by atoms with Gasteiger partial charge in [0.05, 0.1) is 5.69 Å². The predicted molar refractivity (Wildman–Crippen MR) is 245 cm³/mol. The van der Waals surface area contributed by atoms with E-state index in [0.717, 1.165) is 17.1 Å². The Balaban J connectivity index is 1.27. The van der Waals surface area contributed by atoms with Gasteiger partial charge in [-0.15, -0.1) is 0 Å². The molecule has 0 aliphatic heterocycles. The molecule has 0 N–H and O–H groups in total. The summed E-state index contributed by atoms with van der Waals surface area (Å²) in [7, 11) is 0. The maximum absolute atomic E-state index is 2.50. The molecule has 0 heterocycles. The molecule has 0 unspecified atom stereocenters. The molecule has 9 aromatic carbocycles. The van der Waals surface area contributed by atoms with E-state index in [0.29, 0.717) is 0 Å². The van der Waals surface area contributed by atoms with Crippen molar-refractivity contribution in [1.82, 2.24) is 0 Å². The second-order valence-electron chi connectivity index (χ2n) is 16.5. The standard InChI is InChI=1S/C55H46N2/c1-35-27-36(2)30-42(29-35)56(39-17-9-7-10-18-39)41-25-26-48-49(33-41)44-21-13-15-23-46(44)52-50-34-51(45-22-14-16-24-47(45)53(50)55(5,6)54(48)52)57(40-19-11-8-12-20-40)43-31-37(3)28-38(4)32-43/h7-34H,1-6H3. The van der Waals surface area contributed by atoms with Crippen LogP contribution in [0.3, 0.4) is 0 Å². The van der Waals surface area contributed by atoms with Crippen LogP contribution < -0.4 is 9.80 Å². The van der Waals surface area contributed by atoms with E-state index in [9.17, 15) is 0 Å². The zero-order valence-corrected chi connectivity index (χ0v) is 33.6. The Morgan fingerprint density at radius 1 is 0.333 bits per heavy atom. The zero-order valence-electron chi connectivity index (χ0n) is 33.6. The number of rotatable bonds is 6.